The van der Waals surface area contributed by atoms with E-state index >= 15 is 0 Å². The zero-order chi connectivity index (χ0) is 9.19. The molecule has 12 heavy (non-hydrogen) atoms. The highest BCUT2D eigenvalue weighted by Gasteiger charge is 2.29. The van der Waals surface area contributed by atoms with Gasteiger partial charge in [-0.25, -0.2) is 0 Å². The quantitative estimate of drug-likeness (QED) is 0.602. The Bertz CT molecular complexity index is 176. The van der Waals surface area contributed by atoms with E-state index in [4.69, 9.17) is 10.5 Å². The first-order chi connectivity index (χ1) is 5.56. The summed E-state index contributed by atoms with van der Waals surface area (Å²) < 4.78 is 4.94. The van der Waals surface area contributed by atoms with E-state index in [9.17, 15) is 4.79 Å². The van der Waals surface area contributed by atoms with Crippen LogP contribution in [-0.4, -0.2) is 31.7 Å². The highest BCUT2D eigenvalue weighted by Crippen LogP contribution is 2.13. The van der Waals surface area contributed by atoms with Crippen molar-refractivity contribution in [3.63, 3.8) is 0 Å². The van der Waals surface area contributed by atoms with Gasteiger partial charge in [0.25, 0.3) is 0 Å². The van der Waals surface area contributed by atoms with Crippen molar-refractivity contribution in [3.05, 3.63) is 0 Å². The van der Waals surface area contributed by atoms with Crippen LogP contribution >= 0.6 is 0 Å². The zero-order valence-corrected chi connectivity index (χ0v) is 7.59. The lowest BCUT2D eigenvalue weighted by molar-refractivity contribution is -0.133. The summed E-state index contributed by atoms with van der Waals surface area (Å²) in [5, 5.41) is 2.86. The van der Waals surface area contributed by atoms with Gasteiger partial charge in [0.1, 0.15) is 0 Å². The van der Waals surface area contributed by atoms with Crippen LogP contribution in [0.2, 0.25) is 0 Å². The van der Waals surface area contributed by atoms with Gasteiger partial charge in [-0.2, -0.15) is 0 Å². The first-order valence-electron chi connectivity index (χ1n) is 4.15. The minimum absolute atomic E-state index is 0.0123. The van der Waals surface area contributed by atoms with E-state index in [0.29, 0.717) is 19.8 Å². The van der Waals surface area contributed by atoms with Crippen molar-refractivity contribution in [2.45, 2.75) is 19.9 Å². The van der Waals surface area contributed by atoms with Crippen LogP contribution in [0.25, 0.3) is 0 Å². The third kappa shape index (κ3) is 1.95. The maximum absolute atomic E-state index is 11.5. The summed E-state index contributed by atoms with van der Waals surface area (Å²) >= 11 is 0. The van der Waals surface area contributed by atoms with Crippen LogP contribution in [0.15, 0.2) is 0 Å². The Hall–Kier alpha value is -0.610. The highest BCUT2D eigenvalue weighted by atomic mass is 16.5. The van der Waals surface area contributed by atoms with Crippen molar-refractivity contribution in [2.24, 2.45) is 11.1 Å². The SMILES string of the molecule is CC(C)(CN)C(=O)NC1COC1. The van der Waals surface area contributed by atoms with E-state index in [1.807, 2.05) is 13.8 Å². The fourth-order valence-corrected chi connectivity index (χ4v) is 0.792. The highest BCUT2D eigenvalue weighted by molar-refractivity contribution is 5.82. The summed E-state index contributed by atoms with van der Waals surface area (Å²) in [6, 6.07) is 0.198. The summed E-state index contributed by atoms with van der Waals surface area (Å²) in [7, 11) is 0. The van der Waals surface area contributed by atoms with Crippen molar-refractivity contribution in [2.75, 3.05) is 19.8 Å². The molecular formula is C8H16N2O2. The molecule has 0 unspecified atom stereocenters. The molecule has 70 valence electrons. The van der Waals surface area contributed by atoms with Crippen molar-refractivity contribution in [1.82, 2.24) is 5.32 Å². The van der Waals surface area contributed by atoms with Crippen molar-refractivity contribution in [1.29, 1.82) is 0 Å². The number of nitrogens with one attached hydrogen (secondary N) is 1. The molecule has 4 nitrogen and oxygen atoms in total. The Morgan fingerprint density at radius 3 is 2.58 bits per heavy atom. The number of amides is 1. The molecule has 0 radical (unpaired) electrons. The first kappa shape index (κ1) is 9.48. The zero-order valence-electron chi connectivity index (χ0n) is 7.59. The van der Waals surface area contributed by atoms with Gasteiger partial charge in [-0.1, -0.05) is 0 Å². The number of carbonyl (C=O) groups excluding carboxylic acids is 1. The van der Waals surface area contributed by atoms with Gasteiger partial charge in [-0.15, -0.1) is 0 Å². The summed E-state index contributed by atoms with van der Waals surface area (Å²) in [5.74, 6) is 0.0123. The van der Waals surface area contributed by atoms with Gasteiger partial charge in [0.05, 0.1) is 24.7 Å². The molecular weight excluding hydrogens is 156 g/mol. The molecule has 0 atom stereocenters. The van der Waals surface area contributed by atoms with Crippen LogP contribution in [0.5, 0.6) is 0 Å². The van der Waals surface area contributed by atoms with Crippen LogP contribution < -0.4 is 11.1 Å². The Morgan fingerprint density at radius 1 is 1.67 bits per heavy atom. The van der Waals surface area contributed by atoms with E-state index in [2.05, 4.69) is 5.32 Å². The normalized spacial score (nSPS) is 18.6. The molecule has 0 bridgehead atoms. The Balaban J connectivity index is 2.35. The maximum atomic E-state index is 11.5. The largest absolute Gasteiger partial charge is 0.377 e. The second kappa shape index (κ2) is 3.41. The molecule has 1 heterocycles. The fourth-order valence-electron chi connectivity index (χ4n) is 0.792. The predicted molar refractivity (Wildman–Crippen MR) is 45.6 cm³/mol. The molecule has 0 aromatic rings. The van der Waals surface area contributed by atoms with Crippen molar-refractivity contribution < 1.29 is 9.53 Å². The van der Waals surface area contributed by atoms with Gasteiger partial charge in [0.2, 0.25) is 5.91 Å². The Morgan fingerprint density at radius 2 is 2.25 bits per heavy atom. The van der Waals surface area contributed by atoms with Gasteiger partial charge in [-0.3, -0.25) is 4.79 Å². The van der Waals surface area contributed by atoms with Gasteiger partial charge in [0.15, 0.2) is 0 Å². The van der Waals surface area contributed by atoms with E-state index in [-0.39, 0.29) is 11.9 Å². The van der Waals surface area contributed by atoms with Gasteiger partial charge in [0, 0.05) is 6.54 Å². The molecule has 0 saturated carbocycles. The molecule has 1 aliphatic heterocycles. The van der Waals surface area contributed by atoms with Crippen molar-refractivity contribution in [3.8, 4) is 0 Å². The summed E-state index contributed by atoms with van der Waals surface area (Å²) in [5.41, 5.74) is 4.99. The second-order valence-electron chi connectivity index (χ2n) is 3.80. The average molecular weight is 172 g/mol. The summed E-state index contributed by atoms with van der Waals surface area (Å²) in [6.45, 7) is 5.30. The molecule has 1 rings (SSSR count). The number of carbonyl (C=O) groups is 1. The third-order valence-electron chi connectivity index (χ3n) is 2.10. The average Bonchev–Trinajstić information content (AvgIpc) is 1.96. The number of hydrogen-bond acceptors (Lipinski definition) is 3. The maximum Gasteiger partial charge on any atom is 0.227 e. The lowest BCUT2D eigenvalue weighted by atomic mass is 9.92. The van der Waals surface area contributed by atoms with Gasteiger partial charge < -0.3 is 15.8 Å². The molecule has 1 aliphatic rings. The van der Waals surface area contributed by atoms with Crippen LogP contribution in [0, 0.1) is 5.41 Å². The van der Waals surface area contributed by atoms with Crippen LogP contribution in [-0.2, 0) is 9.53 Å². The summed E-state index contributed by atoms with van der Waals surface area (Å²) in [6.07, 6.45) is 0. The van der Waals surface area contributed by atoms with Crippen LogP contribution in [0.3, 0.4) is 0 Å². The molecule has 1 saturated heterocycles. The molecule has 1 amide bonds. The second-order valence-corrected chi connectivity index (χ2v) is 3.80. The van der Waals surface area contributed by atoms with E-state index < -0.39 is 5.41 Å². The number of nitrogens with two attached hydrogens (primary N) is 1. The smallest absolute Gasteiger partial charge is 0.227 e. The van der Waals surface area contributed by atoms with Crippen molar-refractivity contribution >= 4 is 5.91 Å². The van der Waals surface area contributed by atoms with Gasteiger partial charge in [-0.05, 0) is 13.8 Å². The van der Waals surface area contributed by atoms with Crippen LogP contribution in [0.1, 0.15) is 13.8 Å². The Labute approximate surface area is 72.5 Å². The molecule has 0 aromatic carbocycles. The van der Waals surface area contributed by atoms with E-state index in [1.54, 1.807) is 0 Å². The van der Waals surface area contributed by atoms with E-state index in [0.717, 1.165) is 0 Å². The lowest BCUT2D eigenvalue weighted by Crippen LogP contribution is -2.53. The molecule has 0 aromatic heterocycles. The molecule has 1 fully saturated rings. The molecule has 4 heteroatoms. The monoisotopic (exact) mass is 172 g/mol. The minimum atomic E-state index is -0.463. The third-order valence-corrected chi connectivity index (χ3v) is 2.10. The number of hydrogen-bond donors (Lipinski definition) is 2. The standard InChI is InChI=1S/C8H16N2O2/c1-8(2,5-9)7(11)10-6-3-12-4-6/h6H,3-5,9H2,1-2H3,(H,10,11). The van der Waals surface area contributed by atoms with Gasteiger partial charge >= 0.3 is 0 Å². The Kier molecular flexibility index (Phi) is 2.69. The molecule has 0 aliphatic carbocycles. The minimum Gasteiger partial charge on any atom is -0.377 e. The predicted octanol–water partition coefficient (Wildman–Crippen LogP) is -0.514. The lowest BCUT2D eigenvalue weighted by Gasteiger charge is -2.30. The summed E-state index contributed by atoms with van der Waals surface area (Å²) in [4.78, 5) is 11.5. The first-order valence-corrected chi connectivity index (χ1v) is 4.15. The molecule has 0 spiro atoms. The fraction of sp³-hybridized carbons (Fsp3) is 0.875. The number of ether oxygens (including phenoxy) is 1. The van der Waals surface area contributed by atoms with E-state index in [1.165, 1.54) is 0 Å². The topological polar surface area (TPSA) is 64.4 Å². The molecule has 3 N–H and O–H groups in total. The number of rotatable bonds is 3. The van der Waals surface area contributed by atoms with Crippen LogP contribution in [0.4, 0.5) is 0 Å².